The second kappa shape index (κ2) is 10.3. The molecule has 0 aliphatic carbocycles. The van der Waals surface area contributed by atoms with E-state index < -0.39 is 0 Å². The lowest BCUT2D eigenvalue weighted by Crippen LogP contribution is -2.41. The van der Waals surface area contributed by atoms with Gasteiger partial charge in [-0.3, -0.25) is 5.32 Å². The molecule has 0 spiro atoms. The highest BCUT2D eigenvalue weighted by molar-refractivity contribution is 5.03. The Morgan fingerprint density at radius 1 is 1.11 bits per heavy atom. The zero-order chi connectivity index (χ0) is 13.9. The topological polar surface area (TPSA) is 39.1 Å². The molecule has 0 heterocycles. The molecule has 0 fully saturated rings. The van der Waals surface area contributed by atoms with E-state index >= 15 is 0 Å². The van der Waals surface area contributed by atoms with Gasteiger partial charge in [-0.15, -0.1) is 0 Å². The van der Waals surface area contributed by atoms with Crippen LogP contribution < -0.4 is 5.32 Å². The SMILES string of the molecule is CCCNC(C)(C#N)CCCCN(CC)CCC. The molecule has 0 aliphatic rings. The Balaban J connectivity index is 3.83. The Labute approximate surface area is 114 Å². The molecule has 0 aromatic carbocycles. The maximum atomic E-state index is 9.23. The fourth-order valence-corrected chi connectivity index (χ4v) is 2.14. The molecular weight excluding hydrogens is 222 g/mol. The van der Waals surface area contributed by atoms with Crippen LogP contribution in [0.15, 0.2) is 0 Å². The number of rotatable bonds is 11. The minimum absolute atomic E-state index is 0.336. The molecule has 3 nitrogen and oxygen atoms in total. The number of hydrogen-bond donors (Lipinski definition) is 1. The van der Waals surface area contributed by atoms with Crippen molar-refractivity contribution in [2.24, 2.45) is 0 Å². The Morgan fingerprint density at radius 2 is 1.83 bits per heavy atom. The van der Waals surface area contributed by atoms with Gasteiger partial charge in [-0.2, -0.15) is 5.26 Å². The third kappa shape index (κ3) is 7.68. The van der Waals surface area contributed by atoms with E-state index in [9.17, 15) is 5.26 Å². The van der Waals surface area contributed by atoms with Crippen molar-refractivity contribution in [3.8, 4) is 6.07 Å². The summed E-state index contributed by atoms with van der Waals surface area (Å²) in [6.45, 7) is 13.0. The standard InChI is InChI=1S/C15H31N3/c1-5-11-17-15(4,14-16)10-8-9-13-18(7-3)12-6-2/h17H,5-13H2,1-4H3. The van der Waals surface area contributed by atoms with Crippen LogP contribution in [0.2, 0.25) is 0 Å². The van der Waals surface area contributed by atoms with E-state index in [-0.39, 0.29) is 5.54 Å². The second-order valence-corrected chi connectivity index (χ2v) is 5.26. The summed E-state index contributed by atoms with van der Waals surface area (Å²) in [4.78, 5) is 2.49. The third-order valence-electron chi connectivity index (χ3n) is 3.40. The first kappa shape index (κ1) is 17.4. The third-order valence-corrected chi connectivity index (χ3v) is 3.40. The Morgan fingerprint density at radius 3 is 2.33 bits per heavy atom. The molecule has 0 aliphatic heterocycles. The van der Waals surface area contributed by atoms with Crippen LogP contribution in [-0.4, -0.2) is 36.6 Å². The predicted octanol–water partition coefficient (Wildman–Crippen LogP) is 3.17. The molecule has 1 atom stereocenters. The molecule has 0 radical (unpaired) electrons. The smallest absolute Gasteiger partial charge is 0.103 e. The summed E-state index contributed by atoms with van der Waals surface area (Å²) in [7, 11) is 0. The monoisotopic (exact) mass is 253 g/mol. The summed E-state index contributed by atoms with van der Waals surface area (Å²) in [6, 6.07) is 2.42. The fraction of sp³-hybridized carbons (Fsp3) is 0.933. The van der Waals surface area contributed by atoms with Crippen molar-refractivity contribution in [2.45, 2.75) is 65.3 Å². The van der Waals surface area contributed by atoms with Gasteiger partial charge in [0.25, 0.3) is 0 Å². The molecular formula is C15H31N3. The lowest BCUT2D eigenvalue weighted by Gasteiger charge is -2.24. The minimum atomic E-state index is -0.336. The van der Waals surface area contributed by atoms with Crippen LogP contribution in [0.25, 0.3) is 0 Å². The number of nitrogens with zero attached hydrogens (tertiary/aromatic N) is 2. The van der Waals surface area contributed by atoms with Crippen LogP contribution >= 0.6 is 0 Å². The Hall–Kier alpha value is -0.590. The van der Waals surface area contributed by atoms with E-state index in [0.717, 1.165) is 32.4 Å². The maximum absolute atomic E-state index is 9.23. The molecule has 0 aromatic heterocycles. The van der Waals surface area contributed by atoms with Crippen LogP contribution in [0, 0.1) is 11.3 Å². The number of unbranched alkanes of at least 4 members (excludes halogenated alkanes) is 1. The summed E-state index contributed by atoms with van der Waals surface area (Å²) in [5, 5.41) is 12.6. The van der Waals surface area contributed by atoms with E-state index in [2.05, 4.69) is 37.1 Å². The molecule has 0 bridgehead atoms. The van der Waals surface area contributed by atoms with Crippen LogP contribution in [0.3, 0.4) is 0 Å². The highest BCUT2D eigenvalue weighted by atomic mass is 15.1. The van der Waals surface area contributed by atoms with Gasteiger partial charge in [-0.05, 0) is 65.2 Å². The van der Waals surface area contributed by atoms with Crippen molar-refractivity contribution in [3.05, 3.63) is 0 Å². The lowest BCUT2D eigenvalue weighted by molar-refractivity contribution is 0.276. The highest BCUT2D eigenvalue weighted by Crippen LogP contribution is 2.13. The molecule has 0 amide bonds. The molecule has 0 aromatic rings. The first-order valence-electron chi connectivity index (χ1n) is 7.50. The van der Waals surface area contributed by atoms with Crippen molar-refractivity contribution in [1.29, 1.82) is 5.26 Å². The predicted molar refractivity (Wildman–Crippen MR) is 78.6 cm³/mol. The van der Waals surface area contributed by atoms with Gasteiger partial charge in [-0.1, -0.05) is 20.8 Å². The lowest BCUT2D eigenvalue weighted by atomic mass is 9.96. The van der Waals surface area contributed by atoms with E-state index in [1.165, 1.54) is 25.9 Å². The fourth-order valence-electron chi connectivity index (χ4n) is 2.14. The molecule has 1 unspecified atom stereocenters. The van der Waals surface area contributed by atoms with Crippen molar-refractivity contribution in [2.75, 3.05) is 26.2 Å². The normalized spacial score (nSPS) is 14.4. The quantitative estimate of drug-likeness (QED) is 0.575. The molecule has 3 heteroatoms. The van der Waals surface area contributed by atoms with E-state index in [1.54, 1.807) is 0 Å². The van der Waals surface area contributed by atoms with Gasteiger partial charge in [0, 0.05) is 0 Å². The molecule has 18 heavy (non-hydrogen) atoms. The number of hydrogen-bond acceptors (Lipinski definition) is 3. The average molecular weight is 253 g/mol. The largest absolute Gasteiger partial charge is 0.304 e. The van der Waals surface area contributed by atoms with Crippen LogP contribution in [0.4, 0.5) is 0 Å². The highest BCUT2D eigenvalue weighted by Gasteiger charge is 2.21. The number of nitrogens with one attached hydrogen (secondary N) is 1. The zero-order valence-corrected chi connectivity index (χ0v) is 12.8. The zero-order valence-electron chi connectivity index (χ0n) is 12.8. The van der Waals surface area contributed by atoms with Crippen molar-refractivity contribution in [1.82, 2.24) is 10.2 Å². The van der Waals surface area contributed by atoms with Gasteiger partial charge >= 0.3 is 0 Å². The first-order chi connectivity index (χ1) is 8.61. The van der Waals surface area contributed by atoms with Crippen LogP contribution in [0.1, 0.15) is 59.8 Å². The molecule has 1 N–H and O–H groups in total. The van der Waals surface area contributed by atoms with Gasteiger partial charge in [0.15, 0.2) is 0 Å². The van der Waals surface area contributed by atoms with Gasteiger partial charge < -0.3 is 4.90 Å². The first-order valence-corrected chi connectivity index (χ1v) is 7.50. The van der Waals surface area contributed by atoms with Crippen molar-refractivity contribution >= 4 is 0 Å². The summed E-state index contributed by atoms with van der Waals surface area (Å²) >= 11 is 0. The summed E-state index contributed by atoms with van der Waals surface area (Å²) in [5.41, 5.74) is -0.336. The van der Waals surface area contributed by atoms with E-state index in [1.807, 2.05) is 6.92 Å². The minimum Gasteiger partial charge on any atom is -0.304 e. The Kier molecular flexibility index (Phi) is 10.0. The number of nitriles is 1. The summed E-state index contributed by atoms with van der Waals surface area (Å²) in [5.74, 6) is 0. The van der Waals surface area contributed by atoms with Gasteiger partial charge in [0.1, 0.15) is 5.54 Å². The maximum Gasteiger partial charge on any atom is 0.103 e. The van der Waals surface area contributed by atoms with E-state index in [4.69, 9.17) is 0 Å². The molecule has 106 valence electrons. The summed E-state index contributed by atoms with van der Waals surface area (Å²) in [6.07, 6.45) is 5.58. The average Bonchev–Trinajstić information content (AvgIpc) is 2.40. The second-order valence-electron chi connectivity index (χ2n) is 5.26. The Bertz CT molecular complexity index is 234. The molecule has 0 saturated heterocycles. The summed E-state index contributed by atoms with van der Waals surface area (Å²) < 4.78 is 0. The van der Waals surface area contributed by atoms with Gasteiger partial charge in [0.2, 0.25) is 0 Å². The molecule has 0 rings (SSSR count). The van der Waals surface area contributed by atoms with Crippen LogP contribution in [0.5, 0.6) is 0 Å². The van der Waals surface area contributed by atoms with Crippen LogP contribution in [-0.2, 0) is 0 Å². The van der Waals surface area contributed by atoms with E-state index in [0.29, 0.717) is 0 Å². The van der Waals surface area contributed by atoms with Crippen molar-refractivity contribution in [3.63, 3.8) is 0 Å². The van der Waals surface area contributed by atoms with Gasteiger partial charge in [0.05, 0.1) is 6.07 Å². The molecule has 0 saturated carbocycles. The van der Waals surface area contributed by atoms with Gasteiger partial charge in [-0.25, -0.2) is 0 Å². The van der Waals surface area contributed by atoms with Crippen molar-refractivity contribution < 1.29 is 0 Å².